The van der Waals surface area contributed by atoms with E-state index in [0.29, 0.717) is 34.7 Å². The van der Waals surface area contributed by atoms with Gasteiger partial charge in [0, 0.05) is 17.5 Å². The summed E-state index contributed by atoms with van der Waals surface area (Å²) in [6.45, 7) is 3.97. The molecular formula is C23H25NO5S. The average molecular weight is 428 g/mol. The first-order chi connectivity index (χ1) is 14.5. The van der Waals surface area contributed by atoms with E-state index in [1.165, 1.54) is 17.6 Å². The Morgan fingerprint density at radius 3 is 2.67 bits per heavy atom. The third-order valence-electron chi connectivity index (χ3n) is 5.92. The lowest BCUT2D eigenvalue weighted by Crippen LogP contribution is -2.46. The number of fused-ring (bicyclic) bond motifs is 1. The van der Waals surface area contributed by atoms with Gasteiger partial charge in [-0.1, -0.05) is 6.92 Å². The number of aromatic nitrogens is 1. The van der Waals surface area contributed by atoms with Crippen molar-refractivity contribution >= 4 is 28.7 Å². The van der Waals surface area contributed by atoms with Gasteiger partial charge in [-0.3, -0.25) is 4.79 Å². The average Bonchev–Trinajstić information content (AvgIpc) is 3.19. The number of hydrogen-bond donors (Lipinski definition) is 0. The molecule has 2 aliphatic rings. The standard InChI is InChI=1S/C23H25NO5S/c1-4-14-9-17-20(28-11-18(21(17)25)22-24-13(2)12-30-22)10-19(14)29-23(26)15-5-7-16(27-3)8-6-15/h5-8,11-12,14,17,19-20H,4,9-10H2,1-3H3. The summed E-state index contributed by atoms with van der Waals surface area (Å²) < 4.78 is 16.9. The molecule has 1 aliphatic heterocycles. The van der Waals surface area contributed by atoms with Crippen LogP contribution in [0.4, 0.5) is 0 Å². The number of ether oxygens (including phenoxy) is 3. The fourth-order valence-corrected chi connectivity index (χ4v) is 5.00. The summed E-state index contributed by atoms with van der Waals surface area (Å²) in [4.78, 5) is 30.2. The van der Waals surface area contributed by atoms with Crippen LogP contribution >= 0.6 is 11.3 Å². The molecule has 4 unspecified atom stereocenters. The molecule has 4 atom stereocenters. The number of esters is 1. The molecule has 0 saturated heterocycles. The van der Waals surface area contributed by atoms with E-state index in [4.69, 9.17) is 14.2 Å². The SMILES string of the molecule is CCC1CC2C(=O)C(c3nc(C)cs3)=COC2CC1OC(=O)c1ccc(OC)cc1. The Balaban J connectivity index is 1.48. The highest BCUT2D eigenvalue weighted by atomic mass is 32.1. The Morgan fingerprint density at radius 2 is 2.03 bits per heavy atom. The van der Waals surface area contributed by atoms with Crippen molar-refractivity contribution in [3.05, 3.63) is 52.2 Å². The van der Waals surface area contributed by atoms with Gasteiger partial charge in [-0.25, -0.2) is 9.78 Å². The molecule has 158 valence electrons. The van der Waals surface area contributed by atoms with E-state index in [9.17, 15) is 9.59 Å². The molecule has 1 saturated carbocycles. The third kappa shape index (κ3) is 3.99. The zero-order valence-electron chi connectivity index (χ0n) is 17.3. The largest absolute Gasteiger partial charge is 0.497 e. The monoisotopic (exact) mass is 427 g/mol. The molecule has 0 radical (unpaired) electrons. The van der Waals surface area contributed by atoms with E-state index in [-0.39, 0.29) is 35.8 Å². The van der Waals surface area contributed by atoms with Gasteiger partial charge in [-0.05, 0) is 49.9 Å². The number of Topliss-reactive ketones (excluding diaryl/α,β-unsaturated/α-hetero) is 1. The molecule has 1 aromatic carbocycles. The molecule has 1 aromatic heterocycles. The lowest BCUT2D eigenvalue weighted by atomic mass is 9.72. The summed E-state index contributed by atoms with van der Waals surface area (Å²) in [6.07, 6.45) is 2.96. The number of ketones is 1. The minimum Gasteiger partial charge on any atom is -0.497 e. The predicted molar refractivity (Wildman–Crippen MR) is 113 cm³/mol. The molecule has 2 aromatic rings. The molecular weight excluding hydrogens is 402 g/mol. The van der Waals surface area contributed by atoms with Crippen LogP contribution in [0.15, 0.2) is 35.9 Å². The highest BCUT2D eigenvalue weighted by Gasteiger charge is 2.45. The van der Waals surface area contributed by atoms with Gasteiger partial charge in [0.15, 0.2) is 5.78 Å². The molecule has 1 fully saturated rings. The summed E-state index contributed by atoms with van der Waals surface area (Å²) >= 11 is 1.46. The van der Waals surface area contributed by atoms with Crippen LogP contribution in [0.1, 0.15) is 47.2 Å². The van der Waals surface area contributed by atoms with Crippen molar-refractivity contribution in [3.8, 4) is 5.75 Å². The molecule has 7 heteroatoms. The van der Waals surface area contributed by atoms with E-state index in [2.05, 4.69) is 11.9 Å². The maximum Gasteiger partial charge on any atom is 0.338 e. The zero-order chi connectivity index (χ0) is 21.3. The molecule has 6 nitrogen and oxygen atoms in total. The van der Waals surface area contributed by atoms with Gasteiger partial charge in [0.2, 0.25) is 0 Å². The maximum absolute atomic E-state index is 13.1. The topological polar surface area (TPSA) is 74.7 Å². The van der Waals surface area contributed by atoms with E-state index in [0.717, 1.165) is 12.1 Å². The minimum atomic E-state index is -0.365. The molecule has 4 rings (SSSR count). The second-order valence-corrected chi connectivity index (χ2v) is 8.64. The maximum atomic E-state index is 13.1. The summed E-state index contributed by atoms with van der Waals surface area (Å²) in [5.74, 6) is 0.286. The lowest BCUT2D eigenvalue weighted by molar-refractivity contribution is -0.129. The summed E-state index contributed by atoms with van der Waals surface area (Å²) in [5, 5.41) is 2.64. The van der Waals surface area contributed by atoms with Gasteiger partial charge >= 0.3 is 5.97 Å². The van der Waals surface area contributed by atoms with Crippen LogP contribution in [0.2, 0.25) is 0 Å². The van der Waals surface area contributed by atoms with Crippen LogP contribution in [-0.4, -0.2) is 36.1 Å². The number of carbonyl (C=O) groups is 2. The minimum absolute atomic E-state index is 0.0824. The molecule has 0 bridgehead atoms. The van der Waals surface area contributed by atoms with Crippen LogP contribution in [-0.2, 0) is 14.3 Å². The summed E-state index contributed by atoms with van der Waals surface area (Å²) in [6, 6.07) is 6.86. The van der Waals surface area contributed by atoms with Crippen molar-refractivity contribution < 1.29 is 23.8 Å². The second-order valence-electron chi connectivity index (χ2n) is 7.78. The zero-order valence-corrected chi connectivity index (χ0v) is 18.1. The first-order valence-electron chi connectivity index (χ1n) is 10.2. The number of rotatable bonds is 5. The molecule has 2 heterocycles. The summed E-state index contributed by atoms with van der Waals surface area (Å²) in [5.41, 5.74) is 1.93. The Bertz CT molecular complexity index is 964. The van der Waals surface area contributed by atoms with Crippen LogP contribution in [0.3, 0.4) is 0 Å². The second kappa shape index (κ2) is 8.60. The fraction of sp³-hybridized carbons (Fsp3) is 0.435. The summed E-state index contributed by atoms with van der Waals surface area (Å²) in [7, 11) is 1.58. The molecule has 30 heavy (non-hydrogen) atoms. The Labute approximate surface area is 179 Å². The lowest BCUT2D eigenvalue weighted by Gasteiger charge is -2.41. The smallest absolute Gasteiger partial charge is 0.338 e. The number of carbonyl (C=O) groups excluding carboxylic acids is 2. The van der Waals surface area contributed by atoms with Crippen molar-refractivity contribution in [2.24, 2.45) is 11.8 Å². The van der Waals surface area contributed by atoms with Crippen LogP contribution in [0, 0.1) is 18.8 Å². The van der Waals surface area contributed by atoms with E-state index < -0.39 is 0 Å². The highest BCUT2D eigenvalue weighted by Crippen LogP contribution is 2.41. The number of hydrogen-bond acceptors (Lipinski definition) is 7. The normalized spacial score (nSPS) is 25.7. The van der Waals surface area contributed by atoms with Crippen LogP contribution in [0.5, 0.6) is 5.75 Å². The van der Waals surface area contributed by atoms with Crippen molar-refractivity contribution in [1.82, 2.24) is 4.98 Å². The fourth-order valence-electron chi connectivity index (χ4n) is 4.19. The quantitative estimate of drug-likeness (QED) is 0.657. The first-order valence-corrected chi connectivity index (χ1v) is 11.1. The molecule has 0 N–H and O–H groups in total. The van der Waals surface area contributed by atoms with Crippen molar-refractivity contribution in [2.45, 2.75) is 45.3 Å². The van der Waals surface area contributed by atoms with Gasteiger partial charge < -0.3 is 14.2 Å². The van der Waals surface area contributed by atoms with E-state index in [1.54, 1.807) is 31.4 Å². The van der Waals surface area contributed by atoms with Crippen molar-refractivity contribution in [1.29, 1.82) is 0 Å². The van der Waals surface area contributed by atoms with Crippen LogP contribution < -0.4 is 4.74 Å². The number of aryl methyl sites for hydroxylation is 1. The Kier molecular flexibility index (Phi) is 5.90. The van der Waals surface area contributed by atoms with Gasteiger partial charge in [0.1, 0.15) is 23.0 Å². The number of benzene rings is 1. The molecule has 1 aliphatic carbocycles. The molecule has 0 spiro atoms. The Hall–Kier alpha value is -2.67. The van der Waals surface area contributed by atoms with E-state index >= 15 is 0 Å². The van der Waals surface area contributed by atoms with Crippen molar-refractivity contribution in [3.63, 3.8) is 0 Å². The first kappa shape index (κ1) is 20.6. The third-order valence-corrected chi connectivity index (χ3v) is 6.91. The van der Waals surface area contributed by atoms with Crippen molar-refractivity contribution in [2.75, 3.05) is 7.11 Å². The van der Waals surface area contributed by atoms with E-state index in [1.807, 2.05) is 12.3 Å². The van der Waals surface area contributed by atoms with Gasteiger partial charge in [-0.2, -0.15) is 0 Å². The number of allylic oxidation sites excluding steroid dienone is 1. The van der Waals surface area contributed by atoms with Crippen LogP contribution in [0.25, 0.3) is 5.57 Å². The van der Waals surface area contributed by atoms with Gasteiger partial charge in [-0.15, -0.1) is 11.3 Å². The van der Waals surface area contributed by atoms with Gasteiger partial charge in [0.05, 0.1) is 30.4 Å². The molecule has 0 amide bonds. The van der Waals surface area contributed by atoms with Gasteiger partial charge in [0.25, 0.3) is 0 Å². The number of nitrogens with zero attached hydrogens (tertiary/aromatic N) is 1. The number of thiazole rings is 1. The Morgan fingerprint density at radius 1 is 1.27 bits per heavy atom. The number of methoxy groups -OCH3 is 1. The highest BCUT2D eigenvalue weighted by molar-refractivity contribution is 7.11. The predicted octanol–water partition coefficient (Wildman–Crippen LogP) is 4.43.